The lowest BCUT2D eigenvalue weighted by Gasteiger charge is -2.02. The third kappa shape index (κ3) is 9.91. The Morgan fingerprint density at radius 1 is 0.833 bits per heavy atom. The minimum Gasteiger partial charge on any atom is -0.409 e. The van der Waals surface area contributed by atoms with Crippen LogP contribution in [0.25, 0.3) is 0 Å². The van der Waals surface area contributed by atoms with Crippen LogP contribution < -0.4 is 0 Å². The highest BCUT2D eigenvalue weighted by molar-refractivity contribution is 6.46. The Labute approximate surface area is 79.9 Å². The van der Waals surface area contributed by atoms with E-state index in [9.17, 15) is 0 Å². The first-order chi connectivity index (χ1) is 5.63. The molecule has 0 aliphatic carbocycles. The summed E-state index contributed by atoms with van der Waals surface area (Å²) >= 11 is 0. The van der Waals surface area contributed by atoms with Gasteiger partial charge in [-0.05, 0) is 27.7 Å². The molecular weight excluding hydrogens is 184 g/mol. The Bertz CT molecular complexity index is 142. The fourth-order valence-electron chi connectivity index (χ4n) is 0.519. The molecule has 0 N–H and O–H groups in total. The Morgan fingerprint density at radius 2 is 1.17 bits per heavy atom. The van der Waals surface area contributed by atoms with Crippen molar-refractivity contribution in [2.75, 3.05) is 0 Å². The number of hydrogen-bond acceptors (Lipinski definition) is 2. The summed E-state index contributed by atoms with van der Waals surface area (Å²) in [7, 11) is -1.17. The zero-order valence-electron chi connectivity index (χ0n) is 8.39. The highest BCUT2D eigenvalue weighted by Gasteiger charge is 1.90. The van der Waals surface area contributed by atoms with Gasteiger partial charge in [-0.15, -0.1) is 11.1 Å². The molecule has 0 aromatic rings. The molecular formula is C8H18O2Si2. The number of rotatable bonds is 4. The topological polar surface area (TPSA) is 18.5 Å². The van der Waals surface area contributed by atoms with Crippen LogP contribution in [0.15, 0.2) is 0 Å². The van der Waals surface area contributed by atoms with Crippen molar-refractivity contribution in [3.63, 3.8) is 0 Å². The fraction of sp³-hybridized carbons (Fsp3) is 0.750. The van der Waals surface area contributed by atoms with E-state index in [0.29, 0.717) is 12.2 Å². The summed E-state index contributed by atoms with van der Waals surface area (Å²) in [5.74, 6) is 0. The molecule has 4 heteroatoms. The third-order valence-electron chi connectivity index (χ3n) is 1.10. The lowest BCUT2D eigenvalue weighted by molar-refractivity contribution is 0.259. The molecule has 0 heterocycles. The van der Waals surface area contributed by atoms with Gasteiger partial charge in [0.2, 0.25) is 19.5 Å². The molecule has 70 valence electrons. The maximum Gasteiger partial charge on any atom is 0.240 e. The van der Waals surface area contributed by atoms with E-state index in [1.54, 1.807) is 0 Å². The SMILES string of the molecule is CC(C)O[SiH2]C#C[SiH2]OC(C)C. The van der Waals surface area contributed by atoms with E-state index in [0.717, 1.165) is 0 Å². The third-order valence-corrected chi connectivity index (χ3v) is 4.06. The molecule has 0 aromatic heterocycles. The quantitative estimate of drug-likeness (QED) is 0.469. The van der Waals surface area contributed by atoms with Crippen LogP contribution in [0.2, 0.25) is 0 Å². The predicted molar refractivity (Wildman–Crippen MR) is 57.3 cm³/mol. The van der Waals surface area contributed by atoms with Gasteiger partial charge in [0.25, 0.3) is 0 Å². The van der Waals surface area contributed by atoms with E-state index in [1.807, 2.05) is 27.7 Å². The first kappa shape index (κ1) is 11.9. The highest BCUT2D eigenvalue weighted by atomic mass is 28.2. The van der Waals surface area contributed by atoms with E-state index in [1.165, 1.54) is 0 Å². The van der Waals surface area contributed by atoms with E-state index in [4.69, 9.17) is 8.85 Å². The van der Waals surface area contributed by atoms with Crippen LogP contribution in [-0.2, 0) is 8.85 Å². The van der Waals surface area contributed by atoms with Crippen LogP contribution in [0.4, 0.5) is 0 Å². The van der Waals surface area contributed by atoms with Crippen molar-refractivity contribution in [1.29, 1.82) is 0 Å². The van der Waals surface area contributed by atoms with Crippen molar-refractivity contribution in [1.82, 2.24) is 0 Å². The first-order valence-corrected chi connectivity index (χ1v) is 6.88. The summed E-state index contributed by atoms with van der Waals surface area (Å²) in [5.41, 5.74) is 6.15. The van der Waals surface area contributed by atoms with E-state index in [2.05, 4.69) is 11.1 Å². The van der Waals surface area contributed by atoms with E-state index in [-0.39, 0.29) is 0 Å². The van der Waals surface area contributed by atoms with Gasteiger partial charge in [-0.25, -0.2) is 0 Å². The van der Waals surface area contributed by atoms with Gasteiger partial charge >= 0.3 is 0 Å². The molecule has 0 atom stereocenters. The van der Waals surface area contributed by atoms with Crippen molar-refractivity contribution in [3.05, 3.63) is 0 Å². The lowest BCUT2D eigenvalue weighted by atomic mass is 10.5. The molecule has 0 aromatic carbocycles. The Balaban J connectivity index is 3.23. The van der Waals surface area contributed by atoms with Crippen molar-refractivity contribution in [2.45, 2.75) is 39.9 Å². The summed E-state index contributed by atoms with van der Waals surface area (Å²) in [6.45, 7) is 8.15. The number of hydrogen-bond donors (Lipinski definition) is 0. The van der Waals surface area contributed by atoms with Gasteiger partial charge < -0.3 is 8.85 Å². The summed E-state index contributed by atoms with van der Waals surface area (Å²) in [5, 5.41) is 0. The molecule has 0 rings (SSSR count). The van der Waals surface area contributed by atoms with Crippen molar-refractivity contribution < 1.29 is 8.85 Å². The molecule has 0 bridgehead atoms. The zero-order valence-corrected chi connectivity index (χ0v) is 11.2. The molecule has 0 unspecified atom stereocenters. The smallest absolute Gasteiger partial charge is 0.240 e. The van der Waals surface area contributed by atoms with Crippen molar-refractivity contribution in [3.8, 4) is 11.1 Å². The van der Waals surface area contributed by atoms with E-state index < -0.39 is 19.5 Å². The molecule has 0 amide bonds. The molecule has 0 radical (unpaired) electrons. The second-order valence-electron chi connectivity index (χ2n) is 3.07. The maximum absolute atomic E-state index is 5.38. The average Bonchev–Trinajstić information content (AvgIpc) is 1.95. The van der Waals surface area contributed by atoms with Gasteiger partial charge in [-0.3, -0.25) is 0 Å². The summed E-state index contributed by atoms with van der Waals surface area (Å²) < 4.78 is 10.8. The second kappa shape index (κ2) is 7.56. The first-order valence-electron chi connectivity index (χ1n) is 4.32. The lowest BCUT2D eigenvalue weighted by Crippen LogP contribution is -2.07. The largest absolute Gasteiger partial charge is 0.409 e. The molecule has 0 fully saturated rings. The normalized spacial score (nSPS) is 12.2. The minimum absolute atomic E-state index is 0.332. The fourth-order valence-corrected chi connectivity index (χ4v) is 2.17. The molecule has 0 aliphatic heterocycles. The average molecular weight is 202 g/mol. The summed E-state index contributed by atoms with van der Waals surface area (Å²) in [6, 6.07) is 0. The molecule has 2 nitrogen and oxygen atoms in total. The van der Waals surface area contributed by atoms with Crippen molar-refractivity contribution in [2.24, 2.45) is 0 Å². The molecule has 0 saturated carbocycles. The van der Waals surface area contributed by atoms with Crippen LogP contribution in [0, 0.1) is 11.1 Å². The highest BCUT2D eigenvalue weighted by Crippen LogP contribution is 1.84. The summed E-state index contributed by atoms with van der Waals surface area (Å²) in [6.07, 6.45) is 0.664. The molecule has 0 saturated heterocycles. The van der Waals surface area contributed by atoms with Gasteiger partial charge in [0.05, 0.1) is 0 Å². The van der Waals surface area contributed by atoms with Gasteiger partial charge in [0.15, 0.2) is 0 Å². The Hall–Kier alpha value is -0.0862. The van der Waals surface area contributed by atoms with Gasteiger partial charge in [0, 0.05) is 12.2 Å². The molecule has 0 spiro atoms. The van der Waals surface area contributed by atoms with Gasteiger partial charge in [-0.2, -0.15) is 0 Å². The second-order valence-corrected chi connectivity index (χ2v) is 5.02. The van der Waals surface area contributed by atoms with Crippen LogP contribution in [-0.4, -0.2) is 31.7 Å². The van der Waals surface area contributed by atoms with Crippen LogP contribution >= 0.6 is 0 Å². The van der Waals surface area contributed by atoms with Crippen molar-refractivity contribution >= 4 is 19.5 Å². The van der Waals surface area contributed by atoms with Crippen LogP contribution in [0.1, 0.15) is 27.7 Å². The van der Waals surface area contributed by atoms with Gasteiger partial charge in [0.1, 0.15) is 0 Å². The predicted octanol–water partition coefficient (Wildman–Crippen LogP) is -0.0776. The zero-order chi connectivity index (χ0) is 9.40. The van der Waals surface area contributed by atoms with Crippen LogP contribution in [0.3, 0.4) is 0 Å². The summed E-state index contributed by atoms with van der Waals surface area (Å²) in [4.78, 5) is 0. The van der Waals surface area contributed by atoms with Gasteiger partial charge in [-0.1, -0.05) is 0 Å². The maximum atomic E-state index is 5.38. The minimum atomic E-state index is -0.587. The monoisotopic (exact) mass is 202 g/mol. The molecule has 12 heavy (non-hydrogen) atoms. The Morgan fingerprint density at radius 3 is 1.42 bits per heavy atom. The Kier molecular flexibility index (Phi) is 7.50. The van der Waals surface area contributed by atoms with E-state index >= 15 is 0 Å². The van der Waals surface area contributed by atoms with Crippen LogP contribution in [0.5, 0.6) is 0 Å². The molecule has 0 aliphatic rings. The standard InChI is InChI=1S/C8H18O2Si2/c1-7(2)9-11-5-6-12-10-8(3)4/h7-8H,11-12H2,1-4H3.